The molecule has 0 aliphatic carbocycles. The van der Waals surface area contributed by atoms with E-state index in [1.54, 1.807) is 0 Å². The smallest absolute Gasteiger partial charge is 0.135 e. The molecule has 3 aromatic heterocycles. The predicted molar refractivity (Wildman–Crippen MR) is 251 cm³/mol. The summed E-state index contributed by atoms with van der Waals surface area (Å²) in [4.78, 5) is 0. The number of fused-ring (bicyclic) bond motifs is 8. The van der Waals surface area contributed by atoms with Gasteiger partial charge in [-0.2, -0.15) is 0 Å². The largest absolute Gasteiger partial charge is 0.489 e. The summed E-state index contributed by atoms with van der Waals surface area (Å²) in [6.07, 6.45) is 17.0. The highest BCUT2D eigenvalue weighted by molar-refractivity contribution is 6.10. The summed E-state index contributed by atoms with van der Waals surface area (Å²) in [5.74, 6) is 3.98. The first-order chi connectivity index (χ1) is 29.6. The maximum Gasteiger partial charge on any atom is 0.135 e. The quantitative estimate of drug-likeness (QED) is 0.163. The standard InChI is InChI=1S/C56H40N2O2/c1-4-14-43-44-18-6-9-21-51(44)57(50(43)5-2)42-26-29-56-49(35-42)48-34-40(25-28-55(48)60-56)38-16-12-15-37(32-38)39-24-27-54-47(33-39)36(3)31-41(17-13-30-59-54)58-52-22-10-7-19-45(52)46-20-8-11-23-53(46)58/h2,4,6-29,31-36H,30H2,1,3H3/b14-4-,17-13-,41-31+. The van der Waals surface area contributed by atoms with Gasteiger partial charge in [-0.1, -0.05) is 116 Å². The highest BCUT2D eigenvalue weighted by atomic mass is 16.5. The average molecular weight is 773 g/mol. The van der Waals surface area contributed by atoms with Gasteiger partial charge in [-0.25, -0.2) is 0 Å². The van der Waals surface area contributed by atoms with Gasteiger partial charge in [0.1, 0.15) is 29.2 Å². The number of ether oxygens (including phenoxy) is 1. The number of hydrogen-bond donors (Lipinski definition) is 0. The topological polar surface area (TPSA) is 32.2 Å². The van der Waals surface area contributed by atoms with Gasteiger partial charge in [-0.15, -0.1) is 6.42 Å². The fourth-order valence-corrected chi connectivity index (χ4v) is 9.25. The zero-order valence-corrected chi connectivity index (χ0v) is 33.4. The molecule has 0 spiro atoms. The Morgan fingerprint density at radius 1 is 0.617 bits per heavy atom. The molecule has 7 aromatic carbocycles. The molecule has 0 bridgehead atoms. The molecule has 4 heteroatoms. The van der Waals surface area contributed by atoms with Crippen LogP contribution in [0.4, 0.5) is 0 Å². The summed E-state index contributed by atoms with van der Waals surface area (Å²) in [6, 6.07) is 54.0. The highest BCUT2D eigenvalue weighted by Crippen LogP contribution is 2.40. The molecule has 1 aliphatic rings. The Labute approximate surface area is 348 Å². The van der Waals surface area contributed by atoms with E-state index in [0.717, 1.165) is 89.0 Å². The van der Waals surface area contributed by atoms with Crippen molar-refractivity contribution in [3.63, 3.8) is 0 Å². The van der Waals surface area contributed by atoms with E-state index < -0.39 is 0 Å². The van der Waals surface area contributed by atoms with Gasteiger partial charge in [0.15, 0.2) is 0 Å². The number of rotatable bonds is 5. The second-order valence-corrected chi connectivity index (χ2v) is 15.5. The van der Waals surface area contributed by atoms with Crippen LogP contribution in [0, 0.1) is 12.3 Å². The number of furan rings is 1. The van der Waals surface area contributed by atoms with Gasteiger partial charge in [-0.05, 0) is 108 Å². The van der Waals surface area contributed by atoms with Crippen molar-refractivity contribution in [2.45, 2.75) is 19.8 Å². The number of aromatic nitrogens is 2. The number of benzene rings is 7. The fourth-order valence-electron chi connectivity index (χ4n) is 9.25. The molecule has 0 N–H and O–H groups in total. The van der Waals surface area contributed by atoms with Crippen molar-refractivity contribution in [2.24, 2.45) is 0 Å². The van der Waals surface area contributed by atoms with E-state index in [9.17, 15) is 0 Å². The van der Waals surface area contributed by atoms with Gasteiger partial charge < -0.3 is 18.3 Å². The molecular weight excluding hydrogens is 733 g/mol. The van der Waals surface area contributed by atoms with Crippen LogP contribution in [-0.4, -0.2) is 15.7 Å². The molecule has 4 nitrogen and oxygen atoms in total. The minimum Gasteiger partial charge on any atom is -0.489 e. The number of hydrogen-bond acceptors (Lipinski definition) is 2. The highest BCUT2D eigenvalue weighted by Gasteiger charge is 2.20. The molecule has 10 aromatic rings. The molecule has 0 fully saturated rings. The first-order valence-electron chi connectivity index (χ1n) is 20.5. The maximum atomic E-state index is 6.40. The lowest BCUT2D eigenvalue weighted by molar-refractivity contribution is 0.358. The zero-order chi connectivity index (χ0) is 40.3. The Kier molecular flexibility index (Phi) is 8.42. The van der Waals surface area contributed by atoms with E-state index in [0.29, 0.717) is 6.61 Å². The molecule has 11 rings (SSSR count). The van der Waals surface area contributed by atoms with Crippen molar-refractivity contribution in [3.8, 4) is 46.0 Å². The van der Waals surface area contributed by atoms with Crippen LogP contribution in [0.25, 0.3) is 94.4 Å². The van der Waals surface area contributed by atoms with E-state index in [4.69, 9.17) is 15.6 Å². The summed E-state index contributed by atoms with van der Waals surface area (Å²) < 4.78 is 17.4. The Morgan fingerprint density at radius 3 is 1.95 bits per heavy atom. The van der Waals surface area contributed by atoms with Crippen LogP contribution in [0.1, 0.15) is 36.6 Å². The van der Waals surface area contributed by atoms with Crippen molar-refractivity contribution < 1.29 is 9.15 Å². The third kappa shape index (κ3) is 5.70. The third-order valence-corrected chi connectivity index (χ3v) is 12.0. The van der Waals surface area contributed by atoms with Crippen LogP contribution in [0.15, 0.2) is 180 Å². The SMILES string of the molecule is C#Cc1c(/C=C\C)c2ccccc2n1-c1ccc2oc3ccc(-c4cccc(-c5ccc6c(c5)C(C)/C=C(n5c7ccccc7c7ccccc75)\C=C/CO6)c4)cc3c2c1. The number of nitrogens with zero attached hydrogens (tertiary/aromatic N) is 2. The summed E-state index contributed by atoms with van der Waals surface area (Å²) in [7, 11) is 0. The lowest BCUT2D eigenvalue weighted by Crippen LogP contribution is -2.00. The van der Waals surface area contributed by atoms with Gasteiger partial charge in [-0.3, -0.25) is 0 Å². The predicted octanol–water partition coefficient (Wildman–Crippen LogP) is 14.6. The van der Waals surface area contributed by atoms with E-state index in [1.807, 2.05) is 13.0 Å². The van der Waals surface area contributed by atoms with Crippen molar-refractivity contribution >= 4 is 66.4 Å². The second-order valence-electron chi connectivity index (χ2n) is 15.5. The van der Waals surface area contributed by atoms with E-state index >= 15 is 0 Å². The van der Waals surface area contributed by atoms with Crippen LogP contribution >= 0.6 is 0 Å². The molecule has 0 saturated carbocycles. The van der Waals surface area contributed by atoms with Gasteiger partial charge in [0.2, 0.25) is 0 Å². The molecule has 1 aliphatic heterocycles. The lowest BCUT2D eigenvalue weighted by atomic mass is 9.93. The summed E-state index contributed by atoms with van der Waals surface area (Å²) >= 11 is 0. The van der Waals surface area contributed by atoms with Crippen molar-refractivity contribution in [1.82, 2.24) is 9.13 Å². The van der Waals surface area contributed by atoms with Crippen LogP contribution in [0.5, 0.6) is 5.75 Å². The average Bonchev–Trinajstić information content (AvgIpc) is 3.95. The Balaban J connectivity index is 0.971. The minimum absolute atomic E-state index is 0.0819. The van der Waals surface area contributed by atoms with Crippen molar-refractivity contribution in [1.29, 1.82) is 0 Å². The monoisotopic (exact) mass is 772 g/mol. The van der Waals surface area contributed by atoms with Gasteiger partial charge >= 0.3 is 0 Å². The van der Waals surface area contributed by atoms with E-state index in [-0.39, 0.29) is 5.92 Å². The van der Waals surface area contributed by atoms with Crippen LogP contribution in [0.2, 0.25) is 0 Å². The Bertz CT molecular complexity index is 3430. The van der Waals surface area contributed by atoms with Crippen LogP contribution < -0.4 is 4.74 Å². The normalized spacial score (nSPS) is 15.8. The van der Waals surface area contributed by atoms with Crippen LogP contribution in [0.3, 0.4) is 0 Å². The van der Waals surface area contributed by atoms with Gasteiger partial charge in [0.05, 0.1) is 16.6 Å². The lowest BCUT2D eigenvalue weighted by Gasteiger charge is -2.17. The molecule has 1 unspecified atom stereocenters. The van der Waals surface area contributed by atoms with Crippen molar-refractivity contribution in [2.75, 3.05) is 6.61 Å². The molecule has 0 saturated heterocycles. The van der Waals surface area contributed by atoms with E-state index in [1.165, 1.54) is 21.8 Å². The minimum atomic E-state index is 0.0819. The summed E-state index contributed by atoms with van der Waals surface area (Å²) in [6.45, 7) is 4.77. The second kappa shape index (κ2) is 14.3. The van der Waals surface area contributed by atoms with Gasteiger partial charge in [0, 0.05) is 55.4 Å². The Morgan fingerprint density at radius 2 is 1.23 bits per heavy atom. The third-order valence-electron chi connectivity index (χ3n) is 12.0. The molecule has 0 radical (unpaired) electrons. The molecule has 1 atom stereocenters. The molecule has 60 heavy (non-hydrogen) atoms. The van der Waals surface area contributed by atoms with Crippen LogP contribution in [-0.2, 0) is 0 Å². The molecule has 286 valence electrons. The first-order valence-corrected chi connectivity index (χ1v) is 20.5. The zero-order valence-electron chi connectivity index (χ0n) is 33.4. The van der Waals surface area contributed by atoms with E-state index in [2.05, 4.69) is 198 Å². The number of allylic oxidation sites excluding steroid dienone is 4. The summed E-state index contributed by atoms with van der Waals surface area (Å²) in [5, 5.41) is 5.74. The Hall–Kier alpha value is -7.74. The first kappa shape index (κ1) is 35.4. The number of para-hydroxylation sites is 3. The van der Waals surface area contributed by atoms with Crippen molar-refractivity contribution in [3.05, 3.63) is 193 Å². The fraction of sp³-hybridized carbons (Fsp3) is 0.0714. The maximum absolute atomic E-state index is 6.40. The summed E-state index contributed by atoms with van der Waals surface area (Å²) in [5.41, 5.74) is 14.9. The van der Waals surface area contributed by atoms with Gasteiger partial charge in [0.25, 0.3) is 0 Å². The molecule has 0 amide bonds. The number of terminal acetylenes is 1. The molecular formula is C56H40N2O2. The molecule has 4 heterocycles.